The lowest BCUT2D eigenvalue weighted by Crippen LogP contribution is -2.44. The van der Waals surface area contributed by atoms with Gasteiger partial charge in [-0.25, -0.2) is 4.98 Å². The number of nitrogens with one attached hydrogen (secondary N) is 1. The number of likely N-dealkylation sites (N-methyl/N-ethyl adjacent to an activating group) is 1. The molecule has 1 aliphatic rings. The summed E-state index contributed by atoms with van der Waals surface area (Å²) >= 11 is 0. The van der Waals surface area contributed by atoms with Crippen molar-refractivity contribution in [2.45, 2.75) is 58.2 Å². The number of hydrogen-bond acceptors (Lipinski definition) is 3. The summed E-state index contributed by atoms with van der Waals surface area (Å²) in [6.07, 6.45) is 4.36. The van der Waals surface area contributed by atoms with E-state index in [2.05, 4.69) is 124 Å². The van der Waals surface area contributed by atoms with Crippen LogP contribution in [0.3, 0.4) is 0 Å². The summed E-state index contributed by atoms with van der Waals surface area (Å²) in [7, 11) is 0.554. The number of rotatable bonds is 7. The van der Waals surface area contributed by atoms with Gasteiger partial charge < -0.3 is 14.8 Å². The van der Waals surface area contributed by atoms with Crippen LogP contribution in [-0.4, -0.2) is 56.2 Å². The summed E-state index contributed by atoms with van der Waals surface area (Å²) in [4.78, 5) is 13.2. The van der Waals surface area contributed by atoms with Gasteiger partial charge in [-0.2, -0.15) is 0 Å². The van der Waals surface area contributed by atoms with Crippen molar-refractivity contribution in [3.05, 3.63) is 66.0 Å². The van der Waals surface area contributed by atoms with Gasteiger partial charge in [0, 0.05) is 54.4 Å². The zero-order chi connectivity index (χ0) is 27.0. The van der Waals surface area contributed by atoms with E-state index in [1.807, 2.05) is 6.20 Å². The normalized spacial score (nSPS) is 15.8. The Morgan fingerprint density at radius 2 is 1.45 bits per heavy atom. The third-order valence-corrected chi connectivity index (χ3v) is 15.9. The van der Waals surface area contributed by atoms with Crippen LogP contribution in [0.4, 0.5) is 5.69 Å². The minimum absolute atomic E-state index is 0.694. The third-order valence-electron chi connectivity index (χ3n) is 9.15. The maximum Gasteiger partial charge on any atom is 0.138 e. The molecule has 0 spiro atoms. The first kappa shape index (κ1) is 26.7. The zero-order valence-corrected chi connectivity index (χ0v) is 25.3. The highest BCUT2D eigenvalue weighted by atomic mass is 28.3. The number of aromatic amines is 1. The highest BCUT2D eigenvalue weighted by molar-refractivity contribution is 6.88. The molecule has 0 saturated carbocycles. The van der Waals surface area contributed by atoms with Crippen molar-refractivity contribution in [3.8, 4) is 11.1 Å². The number of hydrogen-bond donors (Lipinski definition) is 1. The maximum absolute atomic E-state index is 4.71. The first-order valence-corrected chi connectivity index (χ1v) is 16.6. The van der Waals surface area contributed by atoms with Gasteiger partial charge in [-0.1, -0.05) is 71.5 Å². The molecule has 4 nitrogen and oxygen atoms in total. The van der Waals surface area contributed by atoms with E-state index in [4.69, 9.17) is 4.98 Å². The molecule has 1 N–H and O–H groups in total. The predicted molar refractivity (Wildman–Crippen MR) is 169 cm³/mol. The van der Waals surface area contributed by atoms with Crippen molar-refractivity contribution >= 4 is 41.8 Å². The van der Waals surface area contributed by atoms with Crippen molar-refractivity contribution in [2.75, 3.05) is 38.1 Å². The Kier molecular flexibility index (Phi) is 7.52. The van der Waals surface area contributed by atoms with Gasteiger partial charge in [-0.15, -0.1) is 0 Å². The molecule has 0 bridgehead atoms. The average Bonchev–Trinajstić information content (AvgIpc) is 3.27. The molecule has 1 saturated heterocycles. The standard InChI is InChI=1S/C33H44N4Si/c1-23(2)38(24(3)4,25(5)6)21-15-27-14-16-34-33-32(27)30-22-28(10-13-31(30)35-33)26-8-11-29(12-9-26)37-19-17-36(7)18-20-37/h8-16,21-25H,17-20H2,1-7H3,(H,34,35)/b21-15+. The van der Waals surface area contributed by atoms with Crippen LogP contribution in [0.25, 0.3) is 39.1 Å². The number of nitrogens with zero attached hydrogens (tertiary/aromatic N) is 3. The third kappa shape index (κ3) is 4.82. The Morgan fingerprint density at radius 1 is 0.816 bits per heavy atom. The van der Waals surface area contributed by atoms with Crippen LogP contribution in [0.2, 0.25) is 16.6 Å². The molecule has 0 unspecified atom stereocenters. The van der Waals surface area contributed by atoms with Crippen molar-refractivity contribution in [3.63, 3.8) is 0 Å². The summed E-state index contributed by atoms with van der Waals surface area (Å²) in [6, 6.07) is 18.1. The first-order valence-electron chi connectivity index (χ1n) is 14.3. The Labute approximate surface area is 229 Å². The monoisotopic (exact) mass is 524 g/mol. The van der Waals surface area contributed by atoms with Crippen LogP contribution in [0.1, 0.15) is 47.1 Å². The van der Waals surface area contributed by atoms with E-state index in [1.165, 1.54) is 33.2 Å². The van der Waals surface area contributed by atoms with Gasteiger partial charge in [0.25, 0.3) is 0 Å². The molecule has 0 amide bonds. The molecule has 2 aromatic carbocycles. The molecule has 38 heavy (non-hydrogen) atoms. The Balaban J connectivity index is 1.53. The number of fused-ring (bicyclic) bond motifs is 3. The largest absolute Gasteiger partial charge is 0.369 e. The fourth-order valence-corrected chi connectivity index (χ4v) is 12.5. The number of benzene rings is 2. The molecular weight excluding hydrogens is 480 g/mol. The number of H-pyrrole nitrogens is 1. The number of aromatic nitrogens is 2. The van der Waals surface area contributed by atoms with Crippen LogP contribution in [0.15, 0.2) is 60.4 Å². The van der Waals surface area contributed by atoms with E-state index in [0.29, 0.717) is 16.6 Å². The molecule has 5 heteroatoms. The van der Waals surface area contributed by atoms with Crippen molar-refractivity contribution in [1.82, 2.24) is 14.9 Å². The van der Waals surface area contributed by atoms with E-state index in [-0.39, 0.29) is 0 Å². The summed E-state index contributed by atoms with van der Waals surface area (Å²) < 4.78 is 0. The van der Waals surface area contributed by atoms with Gasteiger partial charge in [-0.05, 0) is 70.7 Å². The fourth-order valence-electron chi connectivity index (χ4n) is 6.90. The van der Waals surface area contributed by atoms with Gasteiger partial charge in [0.2, 0.25) is 0 Å². The minimum atomic E-state index is -1.65. The van der Waals surface area contributed by atoms with E-state index in [0.717, 1.165) is 37.3 Å². The number of pyridine rings is 1. The second-order valence-electron chi connectivity index (χ2n) is 12.1. The molecule has 5 rings (SSSR count). The van der Waals surface area contributed by atoms with E-state index in [9.17, 15) is 0 Å². The van der Waals surface area contributed by atoms with Gasteiger partial charge in [0.05, 0.1) is 8.07 Å². The van der Waals surface area contributed by atoms with Crippen molar-refractivity contribution in [2.24, 2.45) is 0 Å². The Bertz CT molecular complexity index is 1400. The second kappa shape index (κ2) is 10.7. The highest BCUT2D eigenvalue weighted by Crippen LogP contribution is 2.43. The number of piperazine rings is 1. The molecule has 1 fully saturated rings. The van der Waals surface area contributed by atoms with Gasteiger partial charge in [-0.3, -0.25) is 0 Å². The lowest BCUT2D eigenvalue weighted by Gasteiger charge is -2.40. The molecule has 0 radical (unpaired) electrons. The van der Waals surface area contributed by atoms with Crippen LogP contribution < -0.4 is 4.90 Å². The second-order valence-corrected chi connectivity index (χ2v) is 17.9. The average molecular weight is 525 g/mol. The van der Waals surface area contributed by atoms with E-state index >= 15 is 0 Å². The summed E-state index contributed by atoms with van der Waals surface area (Å²) in [5.74, 6) is 0. The van der Waals surface area contributed by atoms with Crippen LogP contribution >= 0.6 is 0 Å². The van der Waals surface area contributed by atoms with Crippen molar-refractivity contribution < 1.29 is 0 Å². The molecule has 0 aliphatic carbocycles. The zero-order valence-electron chi connectivity index (χ0n) is 24.3. The SMILES string of the molecule is CC(C)[Si](/C=C/c1ccnc2[nH]c3ccc(-c4ccc(N5CCN(C)CC5)cc4)cc3c12)(C(C)C)C(C)C. The quantitative estimate of drug-likeness (QED) is 0.247. The maximum atomic E-state index is 4.71. The lowest BCUT2D eigenvalue weighted by atomic mass is 10.0. The molecule has 3 heterocycles. The molecule has 0 atom stereocenters. The molecule has 200 valence electrons. The Morgan fingerprint density at radius 3 is 2.08 bits per heavy atom. The Hall–Kier alpha value is -2.89. The predicted octanol–water partition coefficient (Wildman–Crippen LogP) is 8.37. The van der Waals surface area contributed by atoms with Gasteiger partial charge in [0.15, 0.2) is 0 Å². The van der Waals surface area contributed by atoms with Crippen LogP contribution in [0, 0.1) is 0 Å². The minimum Gasteiger partial charge on any atom is -0.369 e. The van der Waals surface area contributed by atoms with E-state index in [1.54, 1.807) is 0 Å². The summed E-state index contributed by atoms with van der Waals surface area (Å²) in [5.41, 5.74) is 11.9. The summed E-state index contributed by atoms with van der Waals surface area (Å²) in [6.45, 7) is 19.0. The smallest absolute Gasteiger partial charge is 0.138 e. The first-order chi connectivity index (χ1) is 18.2. The van der Waals surface area contributed by atoms with Crippen molar-refractivity contribution in [1.29, 1.82) is 0 Å². The van der Waals surface area contributed by atoms with E-state index < -0.39 is 8.07 Å². The molecule has 2 aromatic heterocycles. The molecular formula is C33H44N4Si. The highest BCUT2D eigenvalue weighted by Gasteiger charge is 2.40. The topological polar surface area (TPSA) is 35.2 Å². The summed E-state index contributed by atoms with van der Waals surface area (Å²) in [5, 5.41) is 2.48. The lowest BCUT2D eigenvalue weighted by molar-refractivity contribution is 0.313. The van der Waals surface area contributed by atoms with Gasteiger partial charge in [0.1, 0.15) is 5.65 Å². The molecule has 1 aliphatic heterocycles. The number of anilines is 1. The molecule has 4 aromatic rings. The van der Waals surface area contributed by atoms with Gasteiger partial charge >= 0.3 is 0 Å². The van der Waals surface area contributed by atoms with Crippen LogP contribution in [0.5, 0.6) is 0 Å². The van der Waals surface area contributed by atoms with Crippen LogP contribution in [-0.2, 0) is 0 Å². The fraction of sp³-hybridized carbons (Fsp3) is 0.424.